The first-order valence-corrected chi connectivity index (χ1v) is 7.00. The molecule has 0 atom stereocenters. The number of rotatable bonds is 2. The molecule has 1 N–H and O–H groups in total. The number of aryl methyl sites for hydroxylation is 1. The summed E-state index contributed by atoms with van der Waals surface area (Å²) in [6.45, 7) is 3.85. The zero-order valence-corrected chi connectivity index (χ0v) is 14.3. The molecule has 0 radical (unpaired) electrons. The van der Waals surface area contributed by atoms with Crippen LogP contribution in [0.5, 0.6) is 0 Å². The molecular weight excluding hydrogens is 325 g/mol. The Balaban J connectivity index is 0.00000121. The lowest BCUT2D eigenvalue weighted by Crippen LogP contribution is -2.43. The number of hydrogen-bond donors (Lipinski definition) is 1. The van der Waals surface area contributed by atoms with E-state index in [-0.39, 0.29) is 36.8 Å². The maximum Gasteiger partial charge on any atom is 0.289 e. The van der Waals surface area contributed by atoms with Gasteiger partial charge in [-0.15, -0.1) is 24.8 Å². The normalized spacial score (nSPS) is 15.0. The Labute approximate surface area is 142 Å². The Kier molecular flexibility index (Phi) is 6.66. The number of nitrogens with zero attached hydrogens (tertiary/aromatic N) is 2. The van der Waals surface area contributed by atoms with Gasteiger partial charge in [0.25, 0.3) is 5.91 Å². The van der Waals surface area contributed by atoms with Crippen LogP contribution in [0.3, 0.4) is 0 Å². The summed E-state index contributed by atoms with van der Waals surface area (Å²) in [5.41, 5.74) is 2.33. The molecule has 0 unspecified atom stereocenters. The second kappa shape index (κ2) is 7.81. The highest BCUT2D eigenvalue weighted by Gasteiger charge is 2.25. The number of hydrogen-bond acceptors (Lipinski definition) is 4. The summed E-state index contributed by atoms with van der Waals surface area (Å²) in [6, 6.07) is 5.77. The van der Waals surface area contributed by atoms with Crippen molar-refractivity contribution in [3.05, 3.63) is 29.7 Å². The lowest BCUT2D eigenvalue weighted by atomic mass is 10.1. The number of amides is 1. The van der Waals surface area contributed by atoms with Crippen molar-refractivity contribution in [3.63, 3.8) is 0 Å². The second-order valence-electron chi connectivity index (χ2n) is 5.34. The van der Waals surface area contributed by atoms with E-state index in [0.717, 1.165) is 37.1 Å². The van der Waals surface area contributed by atoms with Crippen molar-refractivity contribution in [1.29, 1.82) is 0 Å². The summed E-state index contributed by atoms with van der Waals surface area (Å²) in [5, 5.41) is 3.30. The van der Waals surface area contributed by atoms with Crippen molar-refractivity contribution in [2.75, 3.05) is 20.1 Å². The Morgan fingerprint density at radius 3 is 2.68 bits per heavy atom. The maximum absolute atomic E-state index is 12.5. The summed E-state index contributed by atoms with van der Waals surface area (Å²) in [7, 11) is 1.85. The minimum atomic E-state index is -0.0625. The largest absolute Gasteiger partial charge is 0.449 e. The highest BCUT2D eigenvalue weighted by molar-refractivity contribution is 5.95. The first-order valence-electron chi connectivity index (χ1n) is 7.00. The number of pyridine rings is 1. The van der Waals surface area contributed by atoms with Crippen LogP contribution in [0.15, 0.2) is 22.6 Å². The number of furan rings is 1. The van der Waals surface area contributed by atoms with Gasteiger partial charge in [-0.3, -0.25) is 4.79 Å². The van der Waals surface area contributed by atoms with E-state index in [1.165, 1.54) is 0 Å². The molecule has 5 nitrogen and oxygen atoms in total. The molecular formula is C15H21Cl2N3O2. The SMILES string of the molecule is Cc1ccc2oc(C(=O)N(C)C3CCNCC3)cc2n1.Cl.Cl. The quantitative estimate of drug-likeness (QED) is 0.909. The van der Waals surface area contributed by atoms with E-state index in [4.69, 9.17) is 4.42 Å². The first-order chi connectivity index (χ1) is 9.65. The summed E-state index contributed by atoms with van der Waals surface area (Å²) in [6.07, 6.45) is 1.97. The van der Waals surface area contributed by atoms with E-state index in [0.29, 0.717) is 11.3 Å². The van der Waals surface area contributed by atoms with Gasteiger partial charge in [-0.05, 0) is 45.0 Å². The Morgan fingerprint density at radius 2 is 2.00 bits per heavy atom. The molecule has 1 amide bonds. The molecule has 7 heteroatoms. The maximum atomic E-state index is 12.5. The number of nitrogens with one attached hydrogen (secondary N) is 1. The van der Waals surface area contributed by atoms with Gasteiger partial charge in [-0.25, -0.2) is 4.98 Å². The molecule has 0 aromatic carbocycles. The van der Waals surface area contributed by atoms with Crippen LogP contribution in [0, 0.1) is 6.92 Å². The van der Waals surface area contributed by atoms with Crippen LogP contribution in [0.1, 0.15) is 29.1 Å². The molecule has 2 aromatic heterocycles. The van der Waals surface area contributed by atoms with E-state index >= 15 is 0 Å². The van der Waals surface area contributed by atoms with E-state index in [1.807, 2.05) is 26.1 Å². The lowest BCUT2D eigenvalue weighted by molar-refractivity contribution is 0.0673. The Morgan fingerprint density at radius 1 is 1.32 bits per heavy atom. The summed E-state index contributed by atoms with van der Waals surface area (Å²) in [5.74, 6) is 0.312. The van der Waals surface area contributed by atoms with E-state index in [1.54, 1.807) is 11.0 Å². The van der Waals surface area contributed by atoms with Gasteiger partial charge >= 0.3 is 0 Å². The molecule has 0 aliphatic carbocycles. The minimum absolute atomic E-state index is 0. The zero-order chi connectivity index (χ0) is 14.1. The van der Waals surface area contributed by atoms with Crippen molar-refractivity contribution < 1.29 is 9.21 Å². The fourth-order valence-corrected chi connectivity index (χ4v) is 2.66. The third kappa shape index (κ3) is 3.72. The van der Waals surface area contributed by atoms with Gasteiger partial charge in [0.1, 0.15) is 5.52 Å². The average Bonchev–Trinajstić information content (AvgIpc) is 2.89. The number of aromatic nitrogens is 1. The third-order valence-electron chi connectivity index (χ3n) is 3.90. The van der Waals surface area contributed by atoms with Crippen LogP contribution in [-0.4, -0.2) is 42.0 Å². The summed E-state index contributed by atoms with van der Waals surface area (Å²) >= 11 is 0. The second-order valence-corrected chi connectivity index (χ2v) is 5.34. The first kappa shape index (κ1) is 18.7. The third-order valence-corrected chi connectivity index (χ3v) is 3.90. The zero-order valence-electron chi connectivity index (χ0n) is 12.7. The fraction of sp³-hybridized carbons (Fsp3) is 0.467. The topological polar surface area (TPSA) is 58.4 Å². The van der Waals surface area contributed by atoms with Gasteiger partial charge in [0.2, 0.25) is 0 Å². The van der Waals surface area contributed by atoms with Crippen molar-refractivity contribution in [2.24, 2.45) is 0 Å². The van der Waals surface area contributed by atoms with E-state index in [2.05, 4.69) is 10.3 Å². The van der Waals surface area contributed by atoms with Gasteiger partial charge in [0, 0.05) is 24.8 Å². The predicted molar refractivity (Wildman–Crippen MR) is 91.2 cm³/mol. The molecule has 1 saturated heterocycles. The minimum Gasteiger partial charge on any atom is -0.449 e. The van der Waals surface area contributed by atoms with Gasteiger partial charge in [0.15, 0.2) is 11.3 Å². The van der Waals surface area contributed by atoms with Crippen LogP contribution in [0.4, 0.5) is 0 Å². The van der Waals surface area contributed by atoms with Crippen LogP contribution in [-0.2, 0) is 0 Å². The van der Waals surface area contributed by atoms with Gasteiger partial charge in [-0.1, -0.05) is 0 Å². The lowest BCUT2D eigenvalue weighted by Gasteiger charge is -2.31. The van der Waals surface area contributed by atoms with Crippen molar-refractivity contribution in [1.82, 2.24) is 15.2 Å². The number of carbonyl (C=O) groups excluding carboxylic acids is 1. The number of piperidine rings is 1. The highest BCUT2D eigenvalue weighted by atomic mass is 35.5. The van der Waals surface area contributed by atoms with Crippen LogP contribution in [0.25, 0.3) is 11.1 Å². The molecule has 1 fully saturated rings. The van der Waals surface area contributed by atoms with Gasteiger partial charge in [-0.2, -0.15) is 0 Å². The molecule has 1 aliphatic rings. The molecule has 1 aliphatic heterocycles. The highest BCUT2D eigenvalue weighted by Crippen LogP contribution is 2.20. The van der Waals surface area contributed by atoms with Crippen LogP contribution >= 0.6 is 24.8 Å². The Hall–Kier alpha value is -1.30. The Bertz CT molecular complexity index is 639. The van der Waals surface area contributed by atoms with Crippen molar-refractivity contribution >= 4 is 41.8 Å². The van der Waals surface area contributed by atoms with Crippen LogP contribution in [0.2, 0.25) is 0 Å². The molecule has 3 heterocycles. The van der Waals surface area contributed by atoms with Gasteiger partial charge < -0.3 is 14.6 Å². The number of fused-ring (bicyclic) bond motifs is 1. The van der Waals surface area contributed by atoms with E-state index in [9.17, 15) is 4.79 Å². The molecule has 0 bridgehead atoms. The predicted octanol–water partition coefficient (Wildman–Crippen LogP) is 2.80. The number of carbonyl (C=O) groups is 1. The molecule has 2 aromatic rings. The standard InChI is InChI=1S/C15H19N3O2.2ClH/c1-10-3-4-13-12(17-10)9-14(20-13)15(19)18(2)11-5-7-16-8-6-11;;/h3-4,9,11,16H,5-8H2,1-2H3;2*1H. The molecule has 0 saturated carbocycles. The summed E-state index contributed by atoms with van der Waals surface area (Å²) in [4.78, 5) is 18.7. The van der Waals surface area contributed by atoms with E-state index < -0.39 is 0 Å². The summed E-state index contributed by atoms with van der Waals surface area (Å²) < 4.78 is 5.63. The van der Waals surface area contributed by atoms with Crippen molar-refractivity contribution in [2.45, 2.75) is 25.8 Å². The fourth-order valence-electron chi connectivity index (χ4n) is 2.66. The molecule has 122 valence electrons. The van der Waals surface area contributed by atoms with Crippen molar-refractivity contribution in [3.8, 4) is 0 Å². The monoisotopic (exact) mass is 345 g/mol. The molecule has 0 spiro atoms. The smallest absolute Gasteiger partial charge is 0.289 e. The average molecular weight is 346 g/mol. The number of halogens is 2. The molecule has 22 heavy (non-hydrogen) atoms. The van der Waals surface area contributed by atoms with Crippen LogP contribution < -0.4 is 5.32 Å². The van der Waals surface area contributed by atoms with Gasteiger partial charge in [0.05, 0.1) is 0 Å². The molecule has 3 rings (SSSR count).